The van der Waals surface area contributed by atoms with E-state index in [2.05, 4.69) is 5.16 Å². The molecule has 0 fully saturated rings. The molecule has 0 amide bonds. The number of oxime groups is 1. The lowest BCUT2D eigenvalue weighted by molar-refractivity contribution is 0.321. The van der Waals surface area contributed by atoms with Gasteiger partial charge >= 0.3 is 0 Å². The van der Waals surface area contributed by atoms with Gasteiger partial charge in [-0.3, -0.25) is 0 Å². The Hall–Kier alpha value is -1.42. The van der Waals surface area contributed by atoms with Gasteiger partial charge in [0.2, 0.25) is 0 Å². The van der Waals surface area contributed by atoms with Crippen molar-refractivity contribution < 1.29 is 14.7 Å². The highest BCUT2D eigenvalue weighted by Crippen LogP contribution is 2.35. The standard InChI is InChI=1S/C9H10ClNO3/c1-13-8-4-6(5-11-12)3-7(10)9(8)14-2/h3-5,12H,1-2H3/b11-5+. The van der Waals surface area contributed by atoms with E-state index in [0.717, 1.165) is 0 Å². The van der Waals surface area contributed by atoms with Gasteiger partial charge in [0.1, 0.15) is 0 Å². The van der Waals surface area contributed by atoms with Gasteiger partial charge in [-0.2, -0.15) is 0 Å². The van der Waals surface area contributed by atoms with Gasteiger partial charge in [0.05, 0.1) is 25.5 Å². The second-order valence-electron chi connectivity index (χ2n) is 2.48. The van der Waals surface area contributed by atoms with Crippen LogP contribution in [0.3, 0.4) is 0 Å². The zero-order valence-electron chi connectivity index (χ0n) is 7.82. The third-order valence-electron chi connectivity index (χ3n) is 1.66. The van der Waals surface area contributed by atoms with Crippen LogP contribution in [0.4, 0.5) is 0 Å². The molecule has 0 saturated heterocycles. The number of hydrogen-bond acceptors (Lipinski definition) is 4. The Morgan fingerprint density at radius 2 is 2.07 bits per heavy atom. The lowest BCUT2D eigenvalue weighted by Crippen LogP contribution is -1.93. The Balaban J connectivity index is 3.23. The van der Waals surface area contributed by atoms with E-state index in [4.69, 9.17) is 26.3 Å². The van der Waals surface area contributed by atoms with Crippen LogP contribution < -0.4 is 9.47 Å². The van der Waals surface area contributed by atoms with Crippen LogP contribution in [0.15, 0.2) is 17.3 Å². The van der Waals surface area contributed by atoms with E-state index in [1.54, 1.807) is 12.1 Å². The smallest absolute Gasteiger partial charge is 0.179 e. The van der Waals surface area contributed by atoms with E-state index in [0.29, 0.717) is 22.1 Å². The van der Waals surface area contributed by atoms with Crippen molar-refractivity contribution in [1.29, 1.82) is 0 Å². The first-order valence-electron chi connectivity index (χ1n) is 3.82. The molecule has 1 rings (SSSR count). The topological polar surface area (TPSA) is 51.0 Å². The molecule has 4 nitrogen and oxygen atoms in total. The molecule has 1 N–H and O–H groups in total. The van der Waals surface area contributed by atoms with E-state index in [1.165, 1.54) is 20.4 Å². The summed E-state index contributed by atoms with van der Waals surface area (Å²) >= 11 is 5.90. The summed E-state index contributed by atoms with van der Waals surface area (Å²) in [5.74, 6) is 0.958. The van der Waals surface area contributed by atoms with Crippen molar-refractivity contribution in [1.82, 2.24) is 0 Å². The minimum absolute atomic E-state index is 0.404. The molecule has 0 heterocycles. The van der Waals surface area contributed by atoms with Gasteiger partial charge < -0.3 is 14.7 Å². The molecular formula is C9H10ClNO3. The number of methoxy groups -OCH3 is 2. The molecule has 0 aliphatic heterocycles. The Kier molecular flexibility index (Phi) is 3.59. The zero-order valence-corrected chi connectivity index (χ0v) is 8.58. The molecule has 0 aliphatic carbocycles. The van der Waals surface area contributed by atoms with Gasteiger partial charge in [0.15, 0.2) is 11.5 Å². The van der Waals surface area contributed by atoms with Crippen molar-refractivity contribution in [3.63, 3.8) is 0 Å². The molecule has 0 saturated carbocycles. The fourth-order valence-electron chi connectivity index (χ4n) is 1.08. The average Bonchev–Trinajstić information content (AvgIpc) is 2.17. The lowest BCUT2D eigenvalue weighted by atomic mass is 10.2. The van der Waals surface area contributed by atoms with Crippen LogP contribution in [-0.2, 0) is 0 Å². The molecule has 0 unspecified atom stereocenters. The number of benzene rings is 1. The van der Waals surface area contributed by atoms with Crippen molar-refractivity contribution >= 4 is 17.8 Å². The Labute approximate surface area is 86.7 Å². The highest BCUT2D eigenvalue weighted by atomic mass is 35.5. The summed E-state index contributed by atoms with van der Waals surface area (Å²) in [6, 6.07) is 3.27. The Morgan fingerprint density at radius 1 is 1.36 bits per heavy atom. The first-order valence-corrected chi connectivity index (χ1v) is 4.19. The van der Waals surface area contributed by atoms with E-state index in [1.807, 2.05) is 0 Å². The summed E-state index contributed by atoms with van der Waals surface area (Å²) in [6.07, 6.45) is 1.26. The quantitative estimate of drug-likeness (QED) is 0.478. The van der Waals surface area contributed by atoms with E-state index in [-0.39, 0.29) is 0 Å². The predicted octanol–water partition coefficient (Wildman–Crippen LogP) is 2.17. The number of hydrogen-bond donors (Lipinski definition) is 1. The highest BCUT2D eigenvalue weighted by molar-refractivity contribution is 6.32. The van der Waals surface area contributed by atoms with Gasteiger partial charge in [-0.05, 0) is 12.1 Å². The molecule has 0 radical (unpaired) electrons. The second kappa shape index (κ2) is 4.72. The summed E-state index contributed by atoms with van der Waals surface area (Å²) in [5, 5.41) is 11.7. The minimum atomic E-state index is 0.404. The van der Waals surface area contributed by atoms with Crippen molar-refractivity contribution in [3.8, 4) is 11.5 Å². The number of rotatable bonds is 3. The largest absolute Gasteiger partial charge is 0.493 e. The molecule has 0 aliphatic rings. The zero-order chi connectivity index (χ0) is 10.6. The van der Waals surface area contributed by atoms with Crippen LogP contribution in [0.25, 0.3) is 0 Å². The van der Waals surface area contributed by atoms with Gasteiger partial charge in [-0.15, -0.1) is 0 Å². The Bertz CT molecular complexity index is 352. The Morgan fingerprint density at radius 3 is 2.57 bits per heavy atom. The van der Waals surface area contributed by atoms with Crippen molar-refractivity contribution in [3.05, 3.63) is 22.7 Å². The monoisotopic (exact) mass is 215 g/mol. The predicted molar refractivity (Wildman–Crippen MR) is 53.9 cm³/mol. The summed E-state index contributed by atoms with van der Waals surface area (Å²) in [6.45, 7) is 0. The third kappa shape index (κ3) is 2.09. The van der Waals surface area contributed by atoms with Crippen molar-refractivity contribution in [2.24, 2.45) is 5.16 Å². The van der Waals surface area contributed by atoms with Gasteiger partial charge in [-0.25, -0.2) is 0 Å². The number of ether oxygens (including phenoxy) is 2. The van der Waals surface area contributed by atoms with Gasteiger partial charge in [0.25, 0.3) is 0 Å². The molecule has 0 bridgehead atoms. The summed E-state index contributed by atoms with van der Waals surface area (Å²) < 4.78 is 10.1. The molecule has 76 valence electrons. The highest BCUT2D eigenvalue weighted by Gasteiger charge is 2.09. The van der Waals surface area contributed by atoms with Gasteiger partial charge in [-0.1, -0.05) is 16.8 Å². The first kappa shape index (κ1) is 10.7. The first-order chi connectivity index (χ1) is 6.72. The van der Waals surface area contributed by atoms with Crippen LogP contribution in [0.1, 0.15) is 5.56 Å². The van der Waals surface area contributed by atoms with Crippen LogP contribution in [0.5, 0.6) is 11.5 Å². The fraction of sp³-hybridized carbons (Fsp3) is 0.222. The second-order valence-corrected chi connectivity index (χ2v) is 2.89. The summed E-state index contributed by atoms with van der Waals surface area (Å²) in [4.78, 5) is 0. The maximum Gasteiger partial charge on any atom is 0.179 e. The van der Waals surface area contributed by atoms with Crippen LogP contribution in [0.2, 0.25) is 5.02 Å². The maximum absolute atomic E-state index is 8.35. The molecule has 0 aromatic heterocycles. The average molecular weight is 216 g/mol. The van der Waals surface area contributed by atoms with Crippen LogP contribution in [0, 0.1) is 0 Å². The maximum atomic E-state index is 8.35. The van der Waals surface area contributed by atoms with Gasteiger partial charge in [0, 0.05) is 5.56 Å². The molecule has 5 heteroatoms. The molecule has 14 heavy (non-hydrogen) atoms. The molecule has 1 aromatic rings. The molecule has 0 spiro atoms. The van der Waals surface area contributed by atoms with E-state index < -0.39 is 0 Å². The molecule has 0 atom stereocenters. The van der Waals surface area contributed by atoms with Crippen molar-refractivity contribution in [2.45, 2.75) is 0 Å². The SMILES string of the molecule is COc1cc(/C=N/O)cc(Cl)c1OC. The lowest BCUT2D eigenvalue weighted by Gasteiger charge is -2.09. The van der Waals surface area contributed by atoms with E-state index >= 15 is 0 Å². The summed E-state index contributed by atoms with van der Waals surface area (Å²) in [7, 11) is 3.01. The third-order valence-corrected chi connectivity index (χ3v) is 1.94. The normalized spacial score (nSPS) is 10.5. The van der Waals surface area contributed by atoms with Crippen LogP contribution in [-0.4, -0.2) is 25.6 Å². The minimum Gasteiger partial charge on any atom is -0.493 e. The number of nitrogens with zero attached hydrogens (tertiary/aromatic N) is 1. The molecule has 1 aromatic carbocycles. The molecular weight excluding hydrogens is 206 g/mol. The van der Waals surface area contributed by atoms with Crippen molar-refractivity contribution in [2.75, 3.05) is 14.2 Å². The van der Waals surface area contributed by atoms with E-state index in [9.17, 15) is 0 Å². The fourth-order valence-corrected chi connectivity index (χ4v) is 1.38. The number of halogens is 1. The summed E-state index contributed by atoms with van der Waals surface area (Å²) in [5.41, 5.74) is 0.634. The van der Waals surface area contributed by atoms with Crippen LogP contribution >= 0.6 is 11.6 Å².